The van der Waals surface area contributed by atoms with E-state index >= 15 is 0 Å². The molecule has 0 radical (unpaired) electrons. The van der Waals surface area contributed by atoms with Crippen molar-refractivity contribution in [1.29, 1.82) is 0 Å². The summed E-state index contributed by atoms with van der Waals surface area (Å²) in [7, 11) is 0. The Kier molecular flexibility index (Phi) is 8.49. The number of non-ortho nitro benzene ring substituents is 1. The van der Waals surface area contributed by atoms with Gasteiger partial charge in [0.2, 0.25) is 0 Å². The van der Waals surface area contributed by atoms with Crippen molar-refractivity contribution in [2.24, 2.45) is 5.10 Å². The fraction of sp³-hybridized carbons (Fsp3) is 0.185. The first kappa shape index (κ1) is 26.6. The summed E-state index contributed by atoms with van der Waals surface area (Å²) in [6.07, 6.45) is 1.40. The number of hydrogen-bond acceptors (Lipinski definition) is 8. The van der Waals surface area contributed by atoms with Gasteiger partial charge in [-0.1, -0.05) is 36.4 Å². The molecule has 0 aliphatic heterocycles. The lowest BCUT2D eigenvalue weighted by Gasteiger charge is -2.09. The maximum Gasteiger partial charge on any atom is 0.270 e. The number of benzene rings is 3. The van der Waals surface area contributed by atoms with Crippen LogP contribution in [0.5, 0.6) is 0 Å². The molecule has 0 bridgehead atoms. The Hall–Kier alpha value is -4.51. The highest BCUT2D eigenvalue weighted by Gasteiger charge is 2.17. The summed E-state index contributed by atoms with van der Waals surface area (Å²) < 4.78 is 1.97. The molecule has 4 rings (SSSR count). The number of nitro benzene ring substituents is 1. The monoisotopic (exact) mass is 529 g/mol. The molecule has 3 aromatic carbocycles. The second kappa shape index (κ2) is 12.2. The molecule has 10 nitrogen and oxygen atoms in total. The van der Waals surface area contributed by atoms with Crippen molar-refractivity contribution >= 4 is 35.3 Å². The van der Waals surface area contributed by atoms with E-state index in [-0.39, 0.29) is 18.1 Å². The number of carbonyl (C=O) groups is 1. The summed E-state index contributed by atoms with van der Waals surface area (Å²) in [5.41, 5.74) is 6.93. The molecule has 38 heavy (non-hydrogen) atoms. The van der Waals surface area contributed by atoms with E-state index in [2.05, 4.69) is 26.0 Å². The predicted molar refractivity (Wildman–Crippen MR) is 148 cm³/mol. The van der Waals surface area contributed by atoms with E-state index < -0.39 is 4.92 Å². The Bertz CT molecular complexity index is 1490. The van der Waals surface area contributed by atoms with Gasteiger partial charge < -0.3 is 9.88 Å². The second-order valence-electron chi connectivity index (χ2n) is 8.44. The van der Waals surface area contributed by atoms with Gasteiger partial charge in [0.1, 0.15) is 0 Å². The van der Waals surface area contributed by atoms with Crippen LogP contribution < -0.4 is 10.7 Å². The Morgan fingerprint density at radius 3 is 2.58 bits per heavy atom. The van der Waals surface area contributed by atoms with Crippen molar-refractivity contribution < 1.29 is 9.72 Å². The van der Waals surface area contributed by atoms with Crippen LogP contribution in [0.4, 0.5) is 11.4 Å². The number of amides is 1. The fourth-order valence-corrected chi connectivity index (χ4v) is 4.61. The molecule has 194 valence electrons. The Morgan fingerprint density at radius 2 is 1.87 bits per heavy atom. The second-order valence-corrected chi connectivity index (χ2v) is 9.45. The Labute approximate surface area is 224 Å². The van der Waals surface area contributed by atoms with E-state index in [4.69, 9.17) is 0 Å². The van der Waals surface area contributed by atoms with Crippen LogP contribution in [0.15, 0.2) is 81.9 Å². The highest BCUT2D eigenvalue weighted by Crippen LogP contribution is 2.33. The number of anilines is 1. The molecule has 0 aliphatic rings. The number of rotatable bonds is 10. The Morgan fingerprint density at radius 1 is 1.08 bits per heavy atom. The van der Waals surface area contributed by atoms with Crippen molar-refractivity contribution in [3.8, 4) is 11.4 Å². The molecule has 2 N–H and O–H groups in total. The van der Waals surface area contributed by atoms with E-state index in [1.165, 1.54) is 35.7 Å². The van der Waals surface area contributed by atoms with E-state index in [1.54, 1.807) is 6.07 Å². The van der Waals surface area contributed by atoms with Gasteiger partial charge in [0, 0.05) is 40.4 Å². The third-order valence-electron chi connectivity index (χ3n) is 5.82. The molecular formula is C27H27N7O3S. The van der Waals surface area contributed by atoms with Crippen molar-refractivity contribution in [3.05, 3.63) is 93.5 Å². The minimum atomic E-state index is -0.472. The van der Waals surface area contributed by atoms with E-state index in [9.17, 15) is 14.9 Å². The number of nitrogens with zero attached hydrogens (tertiary/aromatic N) is 5. The molecule has 0 atom stereocenters. The number of carbonyl (C=O) groups excluding carboxylic acids is 1. The van der Waals surface area contributed by atoms with Gasteiger partial charge in [0.05, 0.1) is 17.7 Å². The Balaban J connectivity index is 1.50. The van der Waals surface area contributed by atoms with Crippen molar-refractivity contribution in [1.82, 2.24) is 20.2 Å². The molecule has 0 spiro atoms. The summed E-state index contributed by atoms with van der Waals surface area (Å²) in [4.78, 5) is 23.9. The molecule has 1 aromatic heterocycles. The first-order valence-electron chi connectivity index (χ1n) is 11.9. The standard InChI is InChI=1S/C27H27N7O3S/c1-4-33-26(20-8-6-5-7-9-20)31-32-27(33)38-24-13-12-23(34(36)37)15-21(24)16-29-30-25(35)17-28-22-11-10-18(2)19(3)14-22/h5-16,28H,4,17H2,1-3H3,(H,30,35)/b29-16-. The number of aryl methyl sites for hydroxylation is 2. The topological polar surface area (TPSA) is 127 Å². The molecule has 11 heteroatoms. The summed E-state index contributed by atoms with van der Waals surface area (Å²) in [5, 5.41) is 27.8. The highest BCUT2D eigenvalue weighted by molar-refractivity contribution is 7.99. The zero-order valence-corrected chi connectivity index (χ0v) is 22.0. The van der Waals surface area contributed by atoms with Gasteiger partial charge in [0.25, 0.3) is 11.6 Å². The predicted octanol–water partition coefficient (Wildman–Crippen LogP) is 5.20. The fourth-order valence-electron chi connectivity index (χ4n) is 3.64. The zero-order valence-electron chi connectivity index (χ0n) is 21.2. The molecule has 4 aromatic rings. The van der Waals surface area contributed by atoms with Crippen LogP contribution in [0.2, 0.25) is 0 Å². The average Bonchev–Trinajstić information content (AvgIpc) is 3.33. The van der Waals surface area contributed by atoms with Gasteiger partial charge in [-0.2, -0.15) is 5.10 Å². The molecule has 1 heterocycles. The SMILES string of the molecule is CCn1c(Sc2ccc([N+](=O)[O-])cc2/C=N\NC(=O)CNc2ccc(C)c(C)c2)nnc1-c1ccccc1. The highest BCUT2D eigenvalue weighted by atomic mass is 32.2. The number of hydrazone groups is 1. The van der Waals surface area contributed by atoms with Crippen molar-refractivity contribution in [2.75, 3.05) is 11.9 Å². The number of aromatic nitrogens is 3. The quantitative estimate of drug-likeness (QED) is 0.164. The maximum atomic E-state index is 12.3. The molecule has 0 saturated carbocycles. The first-order chi connectivity index (χ1) is 18.4. The van der Waals surface area contributed by atoms with Gasteiger partial charge >= 0.3 is 0 Å². The van der Waals surface area contributed by atoms with E-state index in [0.717, 1.165) is 22.6 Å². The van der Waals surface area contributed by atoms with E-state index in [0.29, 0.717) is 22.2 Å². The summed E-state index contributed by atoms with van der Waals surface area (Å²) in [6.45, 7) is 6.69. The van der Waals surface area contributed by atoms with Gasteiger partial charge in [-0.15, -0.1) is 10.2 Å². The summed E-state index contributed by atoms with van der Waals surface area (Å²) in [5.74, 6) is 0.383. The van der Waals surface area contributed by atoms with Crippen LogP contribution in [0.1, 0.15) is 23.6 Å². The lowest BCUT2D eigenvalue weighted by Crippen LogP contribution is -2.25. The molecule has 0 saturated heterocycles. The van der Waals surface area contributed by atoms with Gasteiger partial charge in [-0.3, -0.25) is 14.9 Å². The largest absolute Gasteiger partial charge is 0.376 e. The van der Waals surface area contributed by atoms with Crippen molar-refractivity contribution in [3.63, 3.8) is 0 Å². The number of nitro groups is 1. The third kappa shape index (κ3) is 6.43. The van der Waals surface area contributed by atoms with Crippen LogP contribution >= 0.6 is 11.8 Å². The summed E-state index contributed by atoms with van der Waals surface area (Å²) in [6, 6.07) is 20.1. The number of hydrogen-bond donors (Lipinski definition) is 2. The minimum absolute atomic E-state index is 0.0260. The van der Waals surface area contributed by atoms with Crippen LogP contribution in [0.25, 0.3) is 11.4 Å². The molecule has 1 amide bonds. The normalized spacial score (nSPS) is 11.0. The summed E-state index contributed by atoms with van der Waals surface area (Å²) >= 11 is 1.32. The molecular weight excluding hydrogens is 502 g/mol. The zero-order chi connectivity index (χ0) is 27.1. The lowest BCUT2D eigenvalue weighted by atomic mass is 10.1. The van der Waals surface area contributed by atoms with Crippen LogP contribution in [-0.4, -0.2) is 38.4 Å². The minimum Gasteiger partial charge on any atom is -0.376 e. The van der Waals surface area contributed by atoms with Crippen LogP contribution in [0.3, 0.4) is 0 Å². The van der Waals surface area contributed by atoms with Crippen molar-refractivity contribution in [2.45, 2.75) is 37.4 Å². The lowest BCUT2D eigenvalue weighted by molar-refractivity contribution is -0.384. The average molecular weight is 530 g/mol. The first-order valence-corrected chi connectivity index (χ1v) is 12.7. The van der Waals surface area contributed by atoms with Crippen LogP contribution in [-0.2, 0) is 11.3 Å². The maximum absolute atomic E-state index is 12.3. The molecule has 0 fully saturated rings. The van der Waals surface area contributed by atoms with Gasteiger partial charge in [-0.05, 0) is 61.9 Å². The van der Waals surface area contributed by atoms with Crippen LogP contribution in [0, 0.1) is 24.0 Å². The van der Waals surface area contributed by atoms with Gasteiger partial charge in [0.15, 0.2) is 11.0 Å². The number of nitrogens with one attached hydrogen (secondary N) is 2. The van der Waals surface area contributed by atoms with E-state index in [1.807, 2.05) is 73.9 Å². The molecule has 0 aliphatic carbocycles. The third-order valence-corrected chi connectivity index (χ3v) is 6.90. The van der Waals surface area contributed by atoms with Gasteiger partial charge in [-0.25, -0.2) is 5.43 Å². The molecule has 0 unspecified atom stereocenters. The smallest absolute Gasteiger partial charge is 0.270 e.